The number of ether oxygens (including phenoxy) is 2. The molecule has 0 aromatic carbocycles. The zero-order chi connectivity index (χ0) is 12.1. The van der Waals surface area contributed by atoms with Gasteiger partial charge in [0.15, 0.2) is 0 Å². The van der Waals surface area contributed by atoms with Crippen LogP contribution < -0.4 is 4.74 Å². The summed E-state index contributed by atoms with van der Waals surface area (Å²) in [6, 6.07) is 1.75. The highest BCUT2D eigenvalue weighted by Gasteiger charge is 2.18. The van der Waals surface area contributed by atoms with Crippen molar-refractivity contribution in [3.63, 3.8) is 0 Å². The van der Waals surface area contributed by atoms with Crippen LogP contribution in [0.25, 0.3) is 0 Å². The summed E-state index contributed by atoms with van der Waals surface area (Å²) in [6.07, 6.45) is 0. The summed E-state index contributed by atoms with van der Waals surface area (Å²) in [5, 5.41) is 0. The monoisotopic (exact) mass is 223 g/mol. The molecule has 1 rings (SSSR count). The summed E-state index contributed by atoms with van der Waals surface area (Å²) < 4.78 is 10.4. The first-order valence-corrected chi connectivity index (χ1v) is 5.38. The van der Waals surface area contributed by atoms with E-state index in [0.717, 1.165) is 5.69 Å². The lowest BCUT2D eigenvalue weighted by atomic mass is 10.1. The SMILES string of the molecule is CCOC(=O)c1c(OCC)cc(C)nc1C. The van der Waals surface area contributed by atoms with Crippen LogP contribution in [0.3, 0.4) is 0 Å². The fourth-order valence-electron chi connectivity index (χ4n) is 1.51. The van der Waals surface area contributed by atoms with E-state index in [-0.39, 0.29) is 5.97 Å². The summed E-state index contributed by atoms with van der Waals surface area (Å²) in [7, 11) is 0. The van der Waals surface area contributed by atoms with Crippen molar-refractivity contribution in [2.45, 2.75) is 27.7 Å². The molecule has 4 nitrogen and oxygen atoms in total. The van der Waals surface area contributed by atoms with Crippen LogP contribution in [0.1, 0.15) is 35.6 Å². The molecule has 1 aromatic rings. The molecule has 0 unspecified atom stereocenters. The second kappa shape index (κ2) is 5.49. The van der Waals surface area contributed by atoms with Crippen LogP contribution in [0, 0.1) is 13.8 Å². The number of aromatic nitrogens is 1. The van der Waals surface area contributed by atoms with Gasteiger partial charge in [-0.1, -0.05) is 0 Å². The first-order valence-electron chi connectivity index (χ1n) is 5.38. The van der Waals surface area contributed by atoms with Crippen molar-refractivity contribution >= 4 is 5.97 Å². The first kappa shape index (κ1) is 12.5. The summed E-state index contributed by atoms with van der Waals surface area (Å²) in [4.78, 5) is 16.0. The van der Waals surface area contributed by atoms with E-state index < -0.39 is 0 Å². The molecule has 0 saturated heterocycles. The van der Waals surface area contributed by atoms with Gasteiger partial charge in [-0.3, -0.25) is 4.98 Å². The van der Waals surface area contributed by atoms with Crippen LogP contribution in [-0.2, 0) is 4.74 Å². The van der Waals surface area contributed by atoms with Gasteiger partial charge >= 0.3 is 5.97 Å². The molecule has 16 heavy (non-hydrogen) atoms. The van der Waals surface area contributed by atoms with Gasteiger partial charge in [-0.2, -0.15) is 0 Å². The number of nitrogens with zero attached hydrogens (tertiary/aromatic N) is 1. The Morgan fingerprint density at radius 1 is 1.31 bits per heavy atom. The largest absolute Gasteiger partial charge is 0.493 e. The maximum absolute atomic E-state index is 11.7. The number of hydrogen-bond donors (Lipinski definition) is 0. The van der Waals surface area contributed by atoms with Crippen molar-refractivity contribution in [2.75, 3.05) is 13.2 Å². The van der Waals surface area contributed by atoms with Gasteiger partial charge in [-0.25, -0.2) is 4.79 Å². The molecule has 0 bridgehead atoms. The topological polar surface area (TPSA) is 48.4 Å². The predicted molar refractivity (Wildman–Crippen MR) is 60.8 cm³/mol. The highest BCUT2D eigenvalue weighted by Crippen LogP contribution is 2.23. The maximum atomic E-state index is 11.7. The van der Waals surface area contributed by atoms with E-state index in [9.17, 15) is 4.79 Å². The average molecular weight is 223 g/mol. The molecule has 1 heterocycles. The van der Waals surface area contributed by atoms with E-state index in [1.165, 1.54) is 0 Å². The van der Waals surface area contributed by atoms with Crippen molar-refractivity contribution in [2.24, 2.45) is 0 Å². The number of pyridine rings is 1. The van der Waals surface area contributed by atoms with Gasteiger partial charge in [0.25, 0.3) is 0 Å². The molecule has 88 valence electrons. The lowest BCUT2D eigenvalue weighted by Gasteiger charge is -2.12. The van der Waals surface area contributed by atoms with E-state index >= 15 is 0 Å². The minimum Gasteiger partial charge on any atom is -0.493 e. The van der Waals surface area contributed by atoms with Crippen molar-refractivity contribution in [3.05, 3.63) is 23.0 Å². The second-order valence-corrected chi connectivity index (χ2v) is 3.38. The van der Waals surface area contributed by atoms with E-state index in [0.29, 0.717) is 30.2 Å². The summed E-state index contributed by atoms with van der Waals surface area (Å²) in [5.74, 6) is 0.168. The molecule has 0 spiro atoms. The molecule has 0 fully saturated rings. The molecular formula is C12H17NO3. The molecule has 0 aliphatic carbocycles. The minimum atomic E-state index is -0.379. The standard InChI is InChI=1S/C12H17NO3/c1-5-15-10-7-8(3)13-9(4)11(10)12(14)16-6-2/h7H,5-6H2,1-4H3. The zero-order valence-electron chi connectivity index (χ0n) is 10.2. The Hall–Kier alpha value is -1.58. The molecule has 1 aromatic heterocycles. The van der Waals surface area contributed by atoms with Crippen molar-refractivity contribution in [1.82, 2.24) is 4.98 Å². The highest BCUT2D eigenvalue weighted by atomic mass is 16.5. The molecule has 0 amide bonds. The molecule has 4 heteroatoms. The number of aryl methyl sites for hydroxylation is 2. The fourth-order valence-corrected chi connectivity index (χ4v) is 1.51. The first-order chi connectivity index (χ1) is 7.60. The Bertz CT molecular complexity index is 388. The number of esters is 1. The van der Waals surface area contributed by atoms with Gasteiger partial charge in [0.1, 0.15) is 11.3 Å². The van der Waals surface area contributed by atoms with Crippen molar-refractivity contribution < 1.29 is 14.3 Å². The third-order valence-corrected chi connectivity index (χ3v) is 2.07. The summed E-state index contributed by atoms with van der Waals surface area (Å²) in [6.45, 7) is 8.15. The zero-order valence-corrected chi connectivity index (χ0v) is 10.2. The quantitative estimate of drug-likeness (QED) is 0.735. The van der Waals surface area contributed by atoms with E-state index in [1.54, 1.807) is 19.9 Å². The van der Waals surface area contributed by atoms with Gasteiger partial charge in [0, 0.05) is 11.8 Å². The van der Waals surface area contributed by atoms with Crippen LogP contribution >= 0.6 is 0 Å². The third kappa shape index (κ3) is 2.72. The van der Waals surface area contributed by atoms with Gasteiger partial charge in [0.2, 0.25) is 0 Å². The lowest BCUT2D eigenvalue weighted by molar-refractivity contribution is 0.0520. The van der Waals surface area contributed by atoms with Crippen LogP contribution in [-0.4, -0.2) is 24.2 Å². The Labute approximate surface area is 95.6 Å². The molecular weight excluding hydrogens is 206 g/mol. The van der Waals surface area contributed by atoms with Crippen molar-refractivity contribution in [3.8, 4) is 5.75 Å². The third-order valence-electron chi connectivity index (χ3n) is 2.07. The fraction of sp³-hybridized carbons (Fsp3) is 0.500. The van der Waals surface area contributed by atoms with Gasteiger partial charge in [-0.05, 0) is 27.7 Å². The molecule has 0 N–H and O–H groups in total. The number of carbonyl (C=O) groups is 1. The Kier molecular flexibility index (Phi) is 4.28. The number of rotatable bonds is 4. The maximum Gasteiger partial charge on any atom is 0.343 e. The smallest absolute Gasteiger partial charge is 0.343 e. The Morgan fingerprint density at radius 3 is 2.56 bits per heavy atom. The molecule has 0 radical (unpaired) electrons. The van der Waals surface area contributed by atoms with E-state index in [2.05, 4.69) is 4.98 Å². The summed E-state index contributed by atoms with van der Waals surface area (Å²) >= 11 is 0. The van der Waals surface area contributed by atoms with Crippen LogP contribution in [0.2, 0.25) is 0 Å². The molecule has 0 atom stereocenters. The highest BCUT2D eigenvalue weighted by molar-refractivity contribution is 5.93. The lowest BCUT2D eigenvalue weighted by Crippen LogP contribution is -2.11. The van der Waals surface area contributed by atoms with Crippen molar-refractivity contribution in [1.29, 1.82) is 0 Å². The van der Waals surface area contributed by atoms with Gasteiger partial charge in [0.05, 0.1) is 18.9 Å². The molecule has 0 aliphatic heterocycles. The van der Waals surface area contributed by atoms with Crippen LogP contribution in [0.4, 0.5) is 0 Å². The Balaban J connectivity index is 3.18. The minimum absolute atomic E-state index is 0.345. The van der Waals surface area contributed by atoms with Crippen LogP contribution in [0.5, 0.6) is 5.75 Å². The molecule has 0 saturated carbocycles. The number of carbonyl (C=O) groups excluding carboxylic acids is 1. The Morgan fingerprint density at radius 2 is 2.00 bits per heavy atom. The summed E-state index contributed by atoms with van der Waals surface area (Å²) in [5.41, 5.74) is 1.89. The molecule has 0 aliphatic rings. The van der Waals surface area contributed by atoms with E-state index in [1.807, 2.05) is 13.8 Å². The normalized spacial score (nSPS) is 10.0. The van der Waals surface area contributed by atoms with Crippen LogP contribution in [0.15, 0.2) is 6.07 Å². The van der Waals surface area contributed by atoms with Gasteiger partial charge < -0.3 is 9.47 Å². The number of hydrogen-bond acceptors (Lipinski definition) is 4. The average Bonchev–Trinajstić information content (AvgIpc) is 2.17. The van der Waals surface area contributed by atoms with Gasteiger partial charge in [-0.15, -0.1) is 0 Å². The predicted octanol–water partition coefficient (Wildman–Crippen LogP) is 2.27. The van der Waals surface area contributed by atoms with E-state index in [4.69, 9.17) is 9.47 Å². The second-order valence-electron chi connectivity index (χ2n) is 3.38.